The van der Waals surface area contributed by atoms with Gasteiger partial charge in [0.1, 0.15) is 11.6 Å². The van der Waals surface area contributed by atoms with Crippen molar-refractivity contribution in [2.24, 2.45) is 0 Å². The van der Waals surface area contributed by atoms with Crippen molar-refractivity contribution >= 4 is 0 Å². The molecule has 0 saturated heterocycles. The predicted octanol–water partition coefficient (Wildman–Crippen LogP) is 3.10. The third-order valence-corrected chi connectivity index (χ3v) is 5.37. The second kappa shape index (κ2) is 6.64. The van der Waals surface area contributed by atoms with Crippen LogP contribution in [0.1, 0.15) is 42.2 Å². The lowest BCUT2D eigenvalue weighted by Gasteiger charge is -2.39. The van der Waals surface area contributed by atoms with E-state index in [9.17, 15) is 14.3 Å². The first-order valence-electron chi connectivity index (χ1n) is 8.97. The highest BCUT2D eigenvalue weighted by Gasteiger charge is 2.44. The molecule has 0 radical (unpaired) electrons. The Morgan fingerprint density at radius 1 is 1.26 bits per heavy atom. The largest absolute Gasteiger partial charge is 0.508 e. The number of aryl methyl sites for hydroxylation is 2. The van der Waals surface area contributed by atoms with Gasteiger partial charge in [-0.3, -0.25) is 4.79 Å². The second-order valence-electron chi connectivity index (χ2n) is 7.05. The average molecular weight is 369 g/mol. The predicted molar refractivity (Wildman–Crippen MR) is 96.1 cm³/mol. The molecule has 1 aliphatic rings. The number of pyridine rings is 1. The first-order chi connectivity index (χ1) is 13.0. The van der Waals surface area contributed by atoms with Crippen molar-refractivity contribution in [3.8, 4) is 5.75 Å². The van der Waals surface area contributed by atoms with Crippen molar-refractivity contribution in [3.63, 3.8) is 0 Å². The summed E-state index contributed by atoms with van der Waals surface area (Å²) < 4.78 is 20.2. The van der Waals surface area contributed by atoms with Crippen LogP contribution in [0.2, 0.25) is 0 Å². The van der Waals surface area contributed by atoms with Gasteiger partial charge in [0.05, 0.1) is 5.41 Å². The van der Waals surface area contributed by atoms with E-state index < -0.39 is 0 Å². The Bertz CT molecular complexity index is 1020. The molecule has 2 aromatic heterocycles. The minimum atomic E-state index is -0.319. The molecule has 2 heterocycles. The molecule has 4 rings (SSSR count). The van der Waals surface area contributed by atoms with Gasteiger partial charge in [-0.15, -0.1) is 0 Å². The minimum Gasteiger partial charge on any atom is -0.508 e. The fraction of sp³-hybridized carbons (Fsp3) is 0.350. The van der Waals surface area contributed by atoms with Crippen LogP contribution in [0.5, 0.6) is 5.75 Å². The van der Waals surface area contributed by atoms with Crippen LogP contribution in [0.3, 0.4) is 0 Å². The smallest absolute Gasteiger partial charge is 0.254 e. The Morgan fingerprint density at radius 2 is 2.00 bits per heavy atom. The van der Waals surface area contributed by atoms with E-state index in [1.54, 1.807) is 29.7 Å². The summed E-state index contributed by atoms with van der Waals surface area (Å²) in [6.45, 7) is 2.15. The lowest BCUT2D eigenvalue weighted by atomic mass is 9.64. The fourth-order valence-electron chi connectivity index (χ4n) is 3.70. The van der Waals surface area contributed by atoms with Gasteiger partial charge in [0.2, 0.25) is 5.89 Å². The van der Waals surface area contributed by atoms with Crippen LogP contribution in [0.25, 0.3) is 0 Å². The summed E-state index contributed by atoms with van der Waals surface area (Å²) in [5, 5.41) is 13.7. The molecule has 0 amide bonds. The van der Waals surface area contributed by atoms with E-state index in [4.69, 9.17) is 4.52 Å². The summed E-state index contributed by atoms with van der Waals surface area (Å²) in [6, 6.07) is 9.20. The average Bonchev–Trinajstić information content (AvgIpc) is 3.03. The van der Waals surface area contributed by atoms with Crippen LogP contribution in [0.15, 0.2) is 45.7 Å². The van der Waals surface area contributed by atoms with Crippen LogP contribution in [0, 0.1) is 12.7 Å². The number of rotatable bonds is 5. The number of hydrogen-bond donors (Lipinski definition) is 1. The number of aromatic nitrogens is 3. The SMILES string of the molecule is Cc1cc(O)cc(=O)n1CCc1nc(C2(c3ccc(F)cc3)CCC2)no1. The van der Waals surface area contributed by atoms with Gasteiger partial charge in [0, 0.05) is 24.7 Å². The van der Waals surface area contributed by atoms with Crippen LogP contribution < -0.4 is 5.56 Å². The zero-order valence-corrected chi connectivity index (χ0v) is 15.0. The van der Waals surface area contributed by atoms with Crippen LogP contribution in [-0.2, 0) is 18.4 Å². The maximum atomic E-state index is 13.3. The van der Waals surface area contributed by atoms with E-state index in [2.05, 4.69) is 10.1 Å². The summed E-state index contributed by atoms with van der Waals surface area (Å²) in [5.41, 5.74) is 1.07. The van der Waals surface area contributed by atoms with E-state index in [0.717, 1.165) is 24.8 Å². The van der Waals surface area contributed by atoms with Gasteiger partial charge in [-0.2, -0.15) is 4.98 Å². The molecule has 0 bridgehead atoms. The Hall–Kier alpha value is -2.96. The molecule has 3 aromatic rings. The molecule has 1 N–H and O–H groups in total. The highest BCUT2D eigenvalue weighted by atomic mass is 19.1. The summed E-state index contributed by atoms with van der Waals surface area (Å²) in [6.07, 6.45) is 3.27. The van der Waals surface area contributed by atoms with E-state index in [0.29, 0.717) is 30.4 Å². The summed E-state index contributed by atoms with van der Waals surface area (Å²) >= 11 is 0. The van der Waals surface area contributed by atoms with Crippen molar-refractivity contribution in [1.82, 2.24) is 14.7 Å². The van der Waals surface area contributed by atoms with Gasteiger partial charge in [-0.05, 0) is 43.5 Å². The maximum absolute atomic E-state index is 13.3. The first-order valence-corrected chi connectivity index (χ1v) is 8.97. The highest BCUT2D eigenvalue weighted by molar-refractivity contribution is 5.35. The van der Waals surface area contributed by atoms with E-state index in [-0.39, 0.29) is 22.5 Å². The monoisotopic (exact) mass is 369 g/mol. The zero-order valence-electron chi connectivity index (χ0n) is 15.0. The van der Waals surface area contributed by atoms with Crippen molar-refractivity contribution in [2.75, 3.05) is 0 Å². The van der Waals surface area contributed by atoms with Gasteiger partial charge >= 0.3 is 0 Å². The van der Waals surface area contributed by atoms with Crippen molar-refractivity contribution < 1.29 is 14.0 Å². The molecule has 1 aromatic carbocycles. The fourth-order valence-corrected chi connectivity index (χ4v) is 3.70. The molecule has 6 nitrogen and oxygen atoms in total. The second-order valence-corrected chi connectivity index (χ2v) is 7.05. The van der Waals surface area contributed by atoms with Crippen LogP contribution in [-0.4, -0.2) is 19.8 Å². The molecule has 1 aliphatic carbocycles. The molecule has 1 saturated carbocycles. The number of hydrogen-bond acceptors (Lipinski definition) is 5. The van der Waals surface area contributed by atoms with Gasteiger partial charge in [0.15, 0.2) is 5.82 Å². The van der Waals surface area contributed by atoms with Gasteiger partial charge in [-0.1, -0.05) is 23.7 Å². The molecule has 0 atom stereocenters. The standard InChI is InChI=1S/C20H20FN3O3/c1-13-11-16(25)12-18(26)24(13)10-7-17-22-19(23-27-17)20(8-2-9-20)14-3-5-15(21)6-4-14/h3-6,11-12,25H,2,7-10H2,1H3. The summed E-state index contributed by atoms with van der Waals surface area (Å²) in [4.78, 5) is 16.6. The summed E-state index contributed by atoms with van der Waals surface area (Å²) in [7, 11) is 0. The summed E-state index contributed by atoms with van der Waals surface area (Å²) in [5.74, 6) is 0.764. The minimum absolute atomic E-state index is 0.0416. The Labute approximate surface area is 155 Å². The number of nitrogens with zero attached hydrogens (tertiary/aromatic N) is 3. The van der Waals surface area contributed by atoms with Crippen LogP contribution >= 0.6 is 0 Å². The zero-order chi connectivity index (χ0) is 19.0. The molecular formula is C20H20FN3O3. The normalized spacial score (nSPS) is 15.5. The van der Waals surface area contributed by atoms with Crippen molar-refractivity contribution in [1.29, 1.82) is 0 Å². The Kier molecular flexibility index (Phi) is 4.30. The van der Waals surface area contributed by atoms with Gasteiger partial charge in [-0.25, -0.2) is 4.39 Å². The quantitative estimate of drug-likeness (QED) is 0.747. The molecule has 1 fully saturated rings. The molecule has 27 heavy (non-hydrogen) atoms. The van der Waals surface area contributed by atoms with E-state index in [1.807, 2.05) is 0 Å². The number of halogens is 1. The third kappa shape index (κ3) is 3.13. The lowest BCUT2D eigenvalue weighted by molar-refractivity contribution is 0.270. The Morgan fingerprint density at radius 3 is 2.63 bits per heavy atom. The van der Waals surface area contributed by atoms with Crippen molar-refractivity contribution in [3.05, 3.63) is 75.5 Å². The van der Waals surface area contributed by atoms with E-state index in [1.165, 1.54) is 18.2 Å². The highest BCUT2D eigenvalue weighted by Crippen LogP contribution is 2.47. The van der Waals surface area contributed by atoms with E-state index >= 15 is 0 Å². The van der Waals surface area contributed by atoms with Crippen molar-refractivity contribution in [2.45, 2.75) is 44.6 Å². The van der Waals surface area contributed by atoms with Gasteiger partial charge < -0.3 is 14.2 Å². The molecule has 140 valence electrons. The third-order valence-electron chi connectivity index (χ3n) is 5.37. The first kappa shape index (κ1) is 17.5. The number of benzene rings is 1. The maximum Gasteiger partial charge on any atom is 0.254 e. The number of aromatic hydroxyl groups is 1. The van der Waals surface area contributed by atoms with Gasteiger partial charge in [0.25, 0.3) is 5.56 Å². The Balaban J connectivity index is 1.55. The molecule has 0 spiro atoms. The molecule has 7 heteroatoms. The lowest BCUT2D eigenvalue weighted by Crippen LogP contribution is -2.36. The molecular weight excluding hydrogens is 349 g/mol. The topological polar surface area (TPSA) is 81.1 Å². The van der Waals surface area contributed by atoms with Crippen LogP contribution in [0.4, 0.5) is 4.39 Å². The molecule has 0 aliphatic heterocycles. The molecule has 0 unspecified atom stereocenters.